The van der Waals surface area contributed by atoms with Gasteiger partial charge in [-0.2, -0.15) is 13.2 Å². The molecule has 1 rings (SSSR count). The smallest absolute Gasteiger partial charge is 0.314 e. The number of hydrogen-bond donors (Lipinski definition) is 1. The summed E-state index contributed by atoms with van der Waals surface area (Å²) in [7, 11) is 0. The first-order valence-electron chi connectivity index (χ1n) is 4.88. The van der Waals surface area contributed by atoms with E-state index in [1.807, 2.05) is 0 Å². The monoisotopic (exact) mass is 195 g/mol. The van der Waals surface area contributed by atoms with Gasteiger partial charge in [-0.3, -0.25) is 0 Å². The standard InChI is InChI=1S/C9H16F3N/c10-9(11,12)6-3-7-13-8-4-1-2-5-8/h8,13H,1-7H2. The van der Waals surface area contributed by atoms with E-state index in [1.165, 1.54) is 12.8 Å². The van der Waals surface area contributed by atoms with Crippen LogP contribution in [-0.4, -0.2) is 18.8 Å². The normalized spacial score (nSPS) is 19.6. The summed E-state index contributed by atoms with van der Waals surface area (Å²) in [5.74, 6) is 0. The average molecular weight is 195 g/mol. The minimum atomic E-state index is -3.99. The van der Waals surface area contributed by atoms with Crippen LogP contribution in [0.5, 0.6) is 0 Å². The first-order valence-corrected chi connectivity index (χ1v) is 4.88. The molecule has 0 aromatic heterocycles. The predicted octanol–water partition coefficient (Wildman–Crippen LogP) is 2.86. The quantitative estimate of drug-likeness (QED) is 0.680. The molecular weight excluding hydrogens is 179 g/mol. The van der Waals surface area contributed by atoms with Gasteiger partial charge in [-0.05, 0) is 25.8 Å². The third kappa shape index (κ3) is 5.13. The Morgan fingerprint density at radius 1 is 1.15 bits per heavy atom. The van der Waals surface area contributed by atoms with Gasteiger partial charge in [-0.25, -0.2) is 0 Å². The molecule has 1 N–H and O–H groups in total. The molecule has 0 saturated heterocycles. The maximum absolute atomic E-state index is 11.7. The summed E-state index contributed by atoms with van der Waals surface area (Å²) < 4.78 is 35.2. The Bertz CT molecular complexity index is 138. The van der Waals surface area contributed by atoms with Crippen LogP contribution in [0.4, 0.5) is 13.2 Å². The molecule has 1 aliphatic rings. The first kappa shape index (κ1) is 10.8. The Balaban J connectivity index is 1.94. The molecular formula is C9H16F3N. The fourth-order valence-corrected chi connectivity index (χ4v) is 1.72. The van der Waals surface area contributed by atoms with Crippen LogP contribution in [0.15, 0.2) is 0 Å². The van der Waals surface area contributed by atoms with Crippen molar-refractivity contribution in [1.29, 1.82) is 0 Å². The van der Waals surface area contributed by atoms with Gasteiger partial charge in [-0.1, -0.05) is 12.8 Å². The van der Waals surface area contributed by atoms with Crippen molar-refractivity contribution in [3.8, 4) is 0 Å². The highest BCUT2D eigenvalue weighted by Gasteiger charge is 2.26. The van der Waals surface area contributed by atoms with Crippen molar-refractivity contribution in [1.82, 2.24) is 5.32 Å². The van der Waals surface area contributed by atoms with E-state index in [0.717, 1.165) is 12.8 Å². The Morgan fingerprint density at radius 3 is 2.31 bits per heavy atom. The van der Waals surface area contributed by atoms with Crippen LogP contribution in [-0.2, 0) is 0 Å². The molecule has 1 fully saturated rings. The first-order chi connectivity index (χ1) is 6.08. The Hall–Kier alpha value is -0.250. The molecule has 0 heterocycles. The van der Waals surface area contributed by atoms with E-state index in [9.17, 15) is 13.2 Å². The van der Waals surface area contributed by atoms with Crippen LogP contribution < -0.4 is 5.32 Å². The molecule has 0 amide bonds. The SMILES string of the molecule is FC(F)(F)CCCNC1CCCC1. The second-order valence-electron chi connectivity index (χ2n) is 3.65. The lowest BCUT2D eigenvalue weighted by Crippen LogP contribution is -2.27. The number of halogens is 3. The van der Waals surface area contributed by atoms with Crippen molar-refractivity contribution in [2.75, 3.05) is 6.54 Å². The lowest BCUT2D eigenvalue weighted by molar-refractivity contribution is -0.135. The van der Waals surface area contributed by atoms with Gasteiger partial charge in [0.05, 0.1) is 0 Å². The summed E-state index contributed by atoms with van der Waals surface area (Å²) in [4.78, 5) is 0. The average Bonchev–Trinajstić information content (AvgIpc) is 2.48. The highest BCUT2D eigenvalue weighted by atomic mass is 19.4. The van der Waals surface area contributed by atoms with E-state index < -0.39 is 12.6 Å². The molecule has 0 unspecified atom stereocenters. The molecule has 13 heavy (non-hydrogen) atoms. The van der Waals surface area contributed by atoms with Crippen molar-refractivity contribution in [3.05, 3.63) is 0 Å². The topological polar surface area (TPSA) is 12.0 Å². The van der Waals surface area contributed by atoms with Gasteiger partial charge in [0.1, 0.15) is 0 Å². The van der Waals surface area contributed by atoms with E-state index in [0.29, 0.717) is 12.6 Å². The summed E-state index contributed by atoms with van der Waals surface area (Å²) in [6, 6.07) is 0.480. The lowest BCUT2D eigenvalue weighted by atomic mass is 10.2. The fraction of sp³-hybridized carbons (Fsp3) is 1.00. The number of hydrogen-bond acceptors (Lipinski definition) is 1. The van der Waals surface area contributed by atoms with Crippen LogP contribution in [0.25, 0.3) is 0 Å². The van der Waals surface area contributed by atoms with E-state index >= 15 is 0 Å². The van der Waals surface area contributed by atoms with Crippen LogP contribution in [0.3, 0.4) is 0 Å². The lowest BCUT2D eigenvalue weighted by Gasteiger charge is -2.12. The maximum atomic E-state index is 11.7. The molecule has 1 saturated carbocycles. The maximum Gasteiger partial charge on any atom is 0.389 e. The number of rotatable bonds is 4. The fourth-order valence-electron chi connectivity index (χ4n) is 1.72. The predicted molar refractivity (Wildman–Crippen MR) is 45.5 cm³/mol. The van der Waals surface area contributed by atoms with Gasteiger partial charge >= 0.3 is 6.18 Å². The molecule has 4 heteroatoms. The molecule has 0 aliphatic heterocycles. The summed E-state index contributed by atoms with van der Waals surface area (Å²) >= 11 is 0. The zero-order valence-corrected chi connectivity index (χ0v) is 7.66. The molecule has 78 valence electrons. The summed E-state index contributed by atoms with van der Waals surface area (Å²) in [6.45, 7) is 0.504. The molecule has 0 aromatic carbocycles. The van der Waals surface area contributed by atoms with Crippen LogP contribution in [0.1, 0.15) is 38.5 Å². The molecule has 0 radical (unpaired) electrons. The molecule has 1 nitrogen and oxygen atoms in total. The molecule has 0 spiro atoms. The molecule has 0 bridgehead atoms. The van der Waals surface area contributed by atoms with E-state index in [2.05, 4.69) is 5.32 Å². The van der Waals surface area contributed by atoms with Gasteiger partial charge in [0.15, 0.2) is 0 Å². The van der Waals surface area contributed by atoms with Crippen LogP contribution >= 0.6 is 0 Å². The van der Waals surface area contributed by atoms with Crippen molar-refractivity contribution < 1.29 is 13.2 Å². The third-order valence-corrected chi connectivity index (χ3v) is 2.43. The van der Waals surface area contributed by atoms with Gasteiger partial charge in [-0.15, -0.1) is 0 Å². The van der Waals surface area contributed by atoms with E-state index in [4.69, 9.17) is 0 Å². The highest BCUT2D eigenvalue weighted by molar-refractivity contribution is 4.73. The second kappa shape index (κ2) is 4.84. The van der Waals surface area contributed by atoms with E-state index in [-0.39, 0.29) is 6.42 Å². The highest BCUT2D eigenvalue weighted by Crippen LogP contribution is 2.21. The minimum absolute atomic E-state index is 0.208. The van der Waals surface area contributed by atoms with Crippen molar-refractivity contribution in [2.45, 2.75) is 50.7 Å². The summed E-state index contributed by atoms with van der Waals surface area (Å²) in [5.41, 5.74) is 0. The van der Waals surface area contributed by atoms with Gasteiger partial charge in [0, 0.05) is 12.5 Å². The van der Waals surface area contributed by atoms with Crippen molar-refractivity contribution in [3.63, 3.8) is 0 Å². The molecule has 0 aromatic rings. The van der Waals surface area contributed by atoms with Gasteiger partial charge < -0.3 is 5.32 Å². The second-order valence-corrected chi connectivity index (χ2v) is 3.65. The zero-order chi connectivity index (χ0) is 9.73. The summed E-state index contributed by atoms with van der Waals surface area (Å²) in [5, 5.41) is 3.15. The number of alkyl halides is 3. The van der Waals surface area contributed by atoms with Crippen LogP contribution in [0, 0.1) is 0 Å². The van der Waals surface area contributed by atoms with Gasteiger partial charge in [0.2, 0.25) is 0 Å². The molecule has 0 atom stereocenters. The number of nitrogens with one attached hydrogen (secondary N) is 1. The van der Waals surface area contributed by atoms with Gasteiger partial charge in [0.25, 0.3) is 0 Å². The molecule has 1 aliphatic carbocycles. The van der Waals surface area contributed by atoms with E-state index in [1.54, 1.807) is 0 Å². The summed E-state index contributed by atoms with van der Waals surface area (Å²) in [6.07, 6.45) is 0.260. The Labute approximate surface area is 76.7 Å². The van der Waals surface area contributed by atoms with Crippen LogP contribution in [0.2, 0.25) is 0 Å². The largest absolute Gasteiger partial charge is 0.389 e. The Morgan fingerprint density at radius 2 is 1.77 bits per heavy atom. The van der Waals surface area contributed by atoms with Crippen molar-refractivity contribution >= 4 is 0 Å². The third-order valence-electron chi connectivity index (χ3n) is 2.43. The zero-order valence-electron chi connectivity index (χ0n) is 7.66. The Kier molecular flexibility index (Phi) is 4.03. The minimum Gasteiger partial charge on any atom is -0.314 e. The van der Waals surface area contributed by atoms with Crippen molar-refractivity contribution in [2.24, 2.45) is 0 Å².